The number of methoxy groups -OCH3 is 1. The zero-order chi connectivity index (χ0) is 12.3. The molecule has 1 aromatic heterocycles. The predicted molar refractivity (Wildman–Crippen MR) is 66.3 cm³/mol. The predicted octanol–water partition coefficient (Wildman–Crippen LogP) is 2.88. The number of hydrogen-bond donors (Lipinski definition) is 0. The highest BCUT2D eigenvalue weighted by atomic mass is 16.5. The zero-order valence-electron chi connectivity index (χ0n) is 9.81. The van der Waals surface area contributed by atoms with Crippen LogP contribution in [0, 0.1) is 6.92 Å². The van der Waals surface area contributed by atoms with Crippen LogP contribution >= 0.6 is 0 Å². The first-order valence-electron chi connectivity index (χ1n) is 5.30. The molecule has 2 rings (SSSR count). The Kier molecular flexibility index (Phi) is 3.19. The molecular weight excluding hydrogens is 214 g/mol. The highest BCUT2D eigenvalue weighted by Crippen LogP contribution is 2.27. The van der Waals surface area contributed by atoms with E-state index in [1.807, 2.05) is 31.2 Å². The molecule has 0 radical (unpaired) electrons. The number of hydrogen-bond acceptors (Lipinski definition) is 3. The average molecular weight is 227 g/mol. The highest BCUT2D eigenvalue weighted by molar-refractivity contribution is 5.88. The van der Waals surface area contributed by atoms with Crippen LogP contribution in [0.25, 0.3) is 11.1 Å². The van der Waals surface area contributed by atoms with Crippen molar-refractivity contribution in [2.45, 2.75) is 6.92 Å². The van der Waals surface area contributed by atoms with Crippen molar-refractivity contribution in [2.24, 2.45) is 0 Å². The van der Waals surface area contributed by atoms with Crippen LogP contribution in [0.5, 0.6) is 5.75 Å². The maximum Gasteiger partial charge on any atom is 0.152 e. The minimum atomic E-state index is 0.607. The van der Waals surface area contributed by atoms with Crippen molar-refractivity contribution in [1.82, 2.24) is 4.98 Å². The molecule has 0 amide bonds. The summed E-state index contributed by atoms with van der Waals surface area (Å²) < 4.78 is 5.11. The second-order valence-electron chi connectivity index (χ2n) is 3.77. The van der Waals surface area contributed by atoms with E-state index in [0.29, 0.717) is 5.56 Å². The molecule has 1 heterocycles. The first kappa shape index (κ1) is 11.3. The average Bonchev–Trinajstić information content (AvgIpc) is 2.38. The van der Waals surface area contributed by atoms with Crippen LogP contribution in [-0.2, 0) is 0 Å². The molecule has 0 spiro atoms. The standard InChI is InChI=1S/C14H13NO2/c1-10-7-15-8-12(9-16)14(10)11-3-5-13(17-2)6-4-11/h3-9H,1-2H3. The van der Waals surface area contributed by atoms with Gasteiger partial charge in [0.05, 0.1) is 7.11 Å². The molecule has 0 aliphatic rings. The van der Waals surface area contributed by atoms with Crippen molar-refractivity contribution < 1.29 is 9.53 Å². The number of aromatic nitrogens is 1. The second-order valence-corrected chi connectivity index (χ2v) is 3.77. The van der Waals surface area contributed by atoms with Crippen LogP contribution in [0.3, 0.4) is 0 Å². The third kappa shape index (κ3) is 2.18. The lowest BCUT2D eigenvalue weighted by Crippen LogP contribution is -1.93. The summed E-state index contributed by atoms with van der Waals surface area (Å²) in [5.41, 5.74) is 3.51. The van der Waals surface area contributed by atoms with Crippen molar-refractivity contribution >= 4 is 6.29 Å². The van der Waals surface area contributed by atoms with Gasteiger partial charge in [-0.05, 0) is 35.7 Å². The molecule has 0 unspecified atom stereocenters. The normalized spacial score (nSPS) is 10.0. The molecule has 0 saturated heterocycles. The quantitative estimate of drug-likeness (QED) is 0.757. The third-order valence-corrected chi connectivity index (χ3v) is 2.67. The van der Waals surface area contributed by atoms with Crippen molar-refractivity contribution in [3.8, 4) is 16.9 Å². The van der Waals surface area contributed by atoms with E-state index in [0.717, 1.165) is 28.7 Å². The molecule has 0 aliphatic heterocycles. The smallest absolute Gasteiger partial charge is 0.152 e. The maximum absolute atomic E-state index is 11.0. The first-order valence-corrected chi connectivity index (χ1v) is 5.30. The molecule has 3 nitrogen and oxygen atoms in total. The van der Waals surface area contributed by atoms with Crippen LogP contribution < -0.4 is 4.74 Å². The first-order chi connectivity index (χ1) is 8.26. The largest absolute Gasteiger partial charge is 0.497 e. The molecule has 0 N–H and O–H groups in total. The molecule has 17 heavy (non-hydrogen) atoms. The van der Waals surface area contributed by atoms with Crippen LogP contribution in [0.4, 0.5) is 0 Å². The monoisotopic (exact) mass is 227 g/mol. The number of nitrogens with zero attached hydrogens (tertiary/aromatic N) is 1. The Hall–Kier alpha value is -2.16. The summed E-state index contributed by atoms with van der Waals surface area (Å²) in [6, 6.07) is 7.63. The van der Waals surface area contributed by atoms with Crippen LogP contribution in [0.1, 0.15) is 15.9 Å². The van der Waals surface area contributed by atoms with Gasteiger partial charge in [-0.15, -0.1) is 0 Å². The summed E-state index contributed by atoms with van der Waals surface area (Å²) in [5, 5.41) is 0. The van der Waals surface area contributed by atoms with E-state index in [4.69, 9.17) is 4.74 Å². The van der Waals surface area contributed by atoms with E-state index < -0.39 is 0 Å². The molecule has 86 valence electrons. The van der Waals surface area contributed by atoms with Gasteiger partial charge < -0.3 is 4.74 Å². The molecular formula is C14H13NO2. The fourth-order valence-corrected chi connectivity index (χ4v) is 1.83. The molecule has 0 fully saturated rings. The van der Waals surface area contributed by atoms with Crippen LogP contribution in [0.15, 0.2) is 36.7 Å². The van der Waals surface area contributed by atoms with Gasteiger partial charge in [-0.3, -0.25) is 9.78 Å². The lowest BCUT2D eigenvalue weighted by molar-refractivity contribution is 0.112. The SMILES string of the molecule is COc1ccc(-c2c(C)cncc2C=O)cc1. The van der Waals surface area contributed by atoms with Gasteiger partial charge in [-0.2, -0.15) is 0 Å². The van der Waals surface area contributed by atoms with E-state index in [1.165, 1.54) is 0 Å². The van der Waals surface area contributed by atoms with E-state index in [-0.39, 0.29) is 0 Å². The van der Waals surface area contributed by atoms with Crippen molar-refractivity contribution in [2.75, 3.05) is 7.11 Å². The van der Waals surface area contributed by atoms with Crippen LogP contribution in [-0.4, -0.2) is 18.4 Å². The fraction of sp³-hybridized carbons (Fsp3) is 0.143. The fourth-order valence-electron chi connectivity index (χ4n) is 1.83. The molecule has 0 saturated carbocycles. The van der Waals surface area contributed by atoms with Crippen molar-refractivity contribution in [3.63, 3.8) is 0 Å². The lowest BCUT2D eigenvalue weighted by Gasteiger charge is -2.09. The minimum Gasteiger partial charge on any atom is -0.497 e. The topological polar surface area (TPSA) is 39.2 Å². The van der Waals surface area contributed by atoms with Crippen LogP contribution in [0.2, 0.25) is 0 Å². The Balaban J connectivity index is 2.55. The summed E-state index contributed by atoms with van der Waals surface area (Å²) in [7, 11) is 1.63. The number of pyridine rings is 1. The lowest BCUT2D eigenvalue weighted by atomic mass is 9.98. The number of benzene rings is 1. The Morgan fingerprint density at radius 3 is 2.47 bits per heavy atom. The second kappa shape index (κ2) is 4.78. The highest BCUT2D eigenvalue weighted by Gasteiger charge is 2.08. The number of aldehydes is 1. The molecule has 0 atom stereocenters. The Bertz CT molecular complexity index is 532. The van der Waals surface area contributed by atoms with Gasteiger partial charge in [0.25, 0.3) is 0 Å². The summed E-state index contributed by atoms with van der Waals surface area (Å²) in [4.78, 5) is 15.0. The third-order valence-electron chi connectivity index (χ3n) is 2.67. The van der Waals surface area contributed by atoms with E-state index in [9.17, 15) is 4.79 Å². The number of rotatable bonds is 3. The van der Waals surface area contributed by atoms with Gasteiger partial charge in [0.15, 0.2) is 6.29 Å². The van der Waals surface area contributed by atoms with Gasteiger partial charge >= 0.3 is 0 Å². The Morgan fingerprint density at radius 1 is 1.18 bits per heavy atom. The van der Waals surface area contributed by atoms with E-state index >= 15 is 0 Å². The Labute approximate surface area is 100 Å². The number of ether oxygens (including phenoxy) is 1. The summed E-state index contributed by atoms with van der Waals surface area (Å²) in [6.07, 6.45) is 4.17. The maximum atomic E-state index is 11.0. The van der Waals surface area contributed by atoms with Crippen molar-refractivity contribution in [1.29, 1.82) is 0 Å². The van der Waals surface area contributed by atoms with E-state index in [1.54, 1.807) is 19.5 Å². The number of aryl methyl sites for hydroxylation is 1. The Morgan fingerprint density at radius 2 is 1.88 bits per heavy atom. The molecule has 1 aromatic carbocycles. The zero-order valence-corrected chi connectivity index (χ0v) is 9.81. The summed E-state index contributed by atoms with van der Waals surface area (Å²) in [6.45, 7) is 1.94. The number of carbonyl (C=O) groups excluding carboxylic acids is 1. The van der Waals surface area contributed by atoms with Gasteiger partial charge in [-0.1, -0.05) is 12.1 Å². The summed E-state index contributed by atoms with van der Waals surface area (Å²) >= 11 is 0. The molecule has 0 aliphatic carbocycles. The van der Waals surface area contributed by atoms with Gasteiger partial charge in [0.1, 0.15) is 5.75 Å². The minimum absolute atomic E-state index is 0.607. The van der Waals surface area contributed by atoms with E-state index in [2.05, 4.69) is 4.98 Å². The molecule has 3 heteroatoms. The van der Waals surface area contributed by atoms with Crippen molar-refractivity contribution in [3.05, 3.63) is 47.8 Å². The molecule has 2 aromatic rings. The van der Waals surface area contributed by atoms with Gasteiger partial charge in [0.2, 0.25) is 0 Å². The van der Waals surface area contributed by atoms with Gasteiger partial charge in [-0.25, -0.2) is 0 Å². The summed E-state index contributed by atoms with van der Waals surface area (Å²) in [5.74, 6) is 0.799. The van der Waals surface area contributed by atoms with Gasteiger partial charge in [0, 0.05) is 18.0 Å². The number of carbonyl (C=O) groups is 1. The molecule has 0 bridgehead atoms.